The highest BCUT2D eigenvalue weighted by atomic mass is 16.6. The summed E-state index contributed by atoms with van der Waals surface area (Å²) in [6.07, 6.45) is 3.45. The van der Waals surface area contributed by atoms with Crippen LogP contribution in [0.15, 0.2) is 55.6 Å². The number of aliphatic hydroxyl groups excluding tert-OH is 1. The Balaban J connectivity index is 2.62. The van der Waals surface area contributed by atoms with E-state index in [1.807, 2.05) is 30.3 Å². The molecule has 2 N–H and O–H groups in total. The number of amides is 2. The second-order valence-corrected chi connectivity index (χ2v) is 9.92. The molecule has 210 valence electrons. The molecule has 2 atom stereocenters. The molecule has 1 aromatic carbocycles. The van der Waals surface area contributed by atoms with E-state index in [1.165, 1.54) is 11.0 Å². The minimum absolute atomic E-state index is 0.0457. The number of allylic oxidation sites excluding steroid dienone is 2. The quantitative estimate of drug-likeness (QED) is 0.180. The van der Waals surface area contributed by atoms with E-state index in [4.69, 9.17) is 9.47 Å². The summed E-state index contributed by atoms with van der Waals surface area (Å²) in [6.45, 7) is 12.8. The Labute approximate surface area is 225 Å². The van der Waals surface area contributed by atoms with Gasteiger partial charge in [0.2, 0.25) is 11.8 Å². The predicted octanol–water partition coefficient (Wildman–Crippen LogP) is 3.17. The second kappa shape index (κ2) is 17.1. The largest absolute Gasteiger partial charge is 0.464 e. The van der Waals surface area contributed by atoms with Gasteiger partial charge in [0.1, 0.15) is 12.2 Å². The van der Waals surface area contributed by atoms with Crippen LogP contribution >= 0.6 is 0 Å². The van der Waals surface area contributed by atoms with Gasteiger partial charge in [0.15, 0.2) is 0 Å². The molecule has 0 aliphatic carbocycles. The van der Waals surface area contributed by atoms with Crippen molar-refractivity contribution in [3.05, 3.63) is 61.2 Å². The van der Waals surface area contributed by atoms with Crippen molar-refractivity contribution < 1.29 is 33.8 Å². The van der Waals surface area contributed by atoms with Gasteiger partial charge in [0, 0.05) is 19.5 Å². The van der Waals surface area contributed by atoms with Crippen LogP contribution in [0.25, 0.3) is 0 Å². The Bertz CT molecular complexity index is 925. The monoisotopic (exact) mass is 530 g/mol. The number of nitrogens with one attached hydrogen (secondary N) is 1. The molecule has 0 saturated carbocycles. The summed E-state index contributed by atoms with van der Waals surface area (Å²) in [6, 6.07) is 9.40. The maximum absolute atomic E-state index is 12.9. The lowest BCUT2D eigenvalue weighted by Gasteiger charge is -2.24. The summed E-state index contributed by atoms with van der Waals surface area (Å²) in [5, 5.41) is 12.1. The number of rotatable bonds is 17. The molecule has 1 rings (SSSR count). The number of esters is 2. The Morgan fingerprint density at radius 2 is 1.66 bits per heavy atom. The molecule has 0 spiro atoms. The van der Waals surface area contributed by atoms with Crippen LogP contribution in [0.4, 0.5) is 0 Å². The normalized spacial score (nSPS) is 12.5. The third-order valence-electron chi connectivity index (χ3n) is 5.45. The molecule has 1 aromatic rings. The van der Waals surface area contributed by atoms with E-state index in [-0.39, 0.29) is 63.8 Å². The van der Waals surface area contributed by atoms with Gasteiger partial charge in [-0.05, 0) is 39.2 Å². The third kappa shape index (κ3) is 13.2. The molecule has 0 fully saturated rings. The number of hydrogen-bond donors (Lipinski definition) is 2. The number of nitrogens with zero attached hydrogens (tertiary/aromatic N) is 1. The van der Waals surface area contributed by atoms with Crippen molar-refractivity contribution in [3.63, 3.8) is 0 Å². The topological polar surface area (TPSA) is 122 Å². The fourth-order valence-electron chi connectivity index (χ4n) is 3.68. The van der Waals surface area contributed by atoms with Crippen molar-refractivity contribution in [2.45, 2.75) is 58.6 Å². The lowest BCUT2D eigenvalue weighted by atomic mass is 9.99. The molecule has 2 amide bonds. The smallest absolute Gasteiger partial charge is 0.309 e. The van der Waals surface area contributed by atoms with Crippen molar-refractivity contribution in [2.24, 2.45) is 11.8 Å². The predicted molar refractivity (Wildman–Crippen MR) is 145 cm³/mol. The number of ether oxygens (including phenoxy) is 2. The van der Waals surface area contributed by atoms with Gasteiger partial charge in [-0.15, -0.1) is 13.2 Å². The summed E-state index contributed by atoms with van der Waals surface area (Å²) >= 11 is 0. The van der Waals surface area contributed by atoms with Crippen LogP contribution in [0.5, 0.6) is 0 Å². The van der Waals surface area contributed by atoms with Crippen LogP contribution in [-0.4, -0.2) is 65.7 Å². The molecule has 0 bridgehead atoms. The van der Waals surface area contributed by atoms with Crippen molar-refractivity contribution >= 4 is 23.8 Å². The zero-order valence-corrected chi connectivity index (χ0v) is 22.8. The van der Waals surface area contributed by atoms with Gasteiger partial charge in [-0.2, -0.15) is 0 Å². The van der Waals surface area contributed by atoms with Crippen molar-refractivity contribution in [3.8, 4) is 0 Å². The molecular weight excluding hydrogens is 488 g/mol. The Kier molecular flexibility index (Phi) is 14.7. The molecule has 9 nitrogen and oxygen atoms in total. The summed E-state index contributed by atoms with van der Waals surface area (Å²) in [7, 11) is 0. The van der Waals surface area contributed by atoms with E-state index in [1.54, 1.807) is 26.8 Å². The first kappa shape index (κ1) is 32.6. The van der Waals surface area contributed by atoms with Crippen LogP contribution in [-0.2, 0) is 35.2 Å². The lowest BCUT2D eigenvalue weighted by molar-refractivity contribution is -0.161. The summed E-state index contributed by atoms with van der Waals surface area (Å²) in [5.41, 5.74) is 0.256. The van der Waals surface area contributed by atoms with Crippen LogP contribution in [0, 0.1) is 11.8 Å². The van der Waals surface area contributed by atoms with Crippen molar-refractivity contribution in [1.82, 2.24) is 10.2 Å². The Morgan fingerprint density at radius 3 is 2.24 bits per heavy atom. The van der Waals surface area contributed by atoms with E-state index in [0.29, 0.717) is 6.54 Å². The fourth-order valence-corrected chi connectivity index (χ4v) is 3.68. The fraction of sp³-hybridized carbons (Fsp3) is 0.517. The molecule has 0 unspecified atom stereocenters. The molecule has 38 heavy (non-hydrogen) atoms. The van der Waals surface area contributed by atoms with Gasteiger partial charge in [-0.1, -0.05) is 42.5 Å². The highest BCUT2D eigenvalue weighted by molar-refractivity contribution is 5.86. The molecule has 9 heteroatoms. The highest BCUT2D eigenvalue weighted by Crippen LogP contribution is 2.17. The summed E-state index contributed by atoms with van der Waals surface area (Å²) < 4.78 is 10.5. The Morgan fingerprint density at radius 1 is 1.03 bits per heavy atom. The van der Waals surface area contributed by atoms with E-state index in [0.717, 1.165) is 5.56 Å². The number of aliphatic hydroxyl groups is 1. The first-order valence-electron chi connectivity index (χ1n) is 12.8. The average molecular weight is 531 g/mol. The number of carbonyl (C=O) groups excluding carboxylic acids is 4. The van der Waals surface area contributed by atoms with Crippen LogP contribution in [0.1, 0.15) is 52.0 Å². The van der Waals surface area contributed by atoms with Gasteiger partial charge in [-0.25, -0.2) is 0 Å². The van der Waals surface area contributed by atoms with Gasteiger partial charge in [0.05, 0.1) is 31.4 Å². The third-order valence-corrected chi connectivity index (χ3v) is 5.45. The van der Waals surface area contributed by atoms with E-state index < -0.39 is 29.4 Å². The maximum Gasteiger partial charge on any atom is 0.309 e. The lowest BCUT2D eigenvalue weighted by Crippen LogP contribution is -2.39. The highest BCUT2D eigenvalue weighted by Gasteiger charge is 2.27. The van der Waals surface area contributed by atoms with Crippen LogP contribution in [0.3, 0.4) is 0 Å². The minimum Gasteiger partial charge on any atom is -0.464 e. The van der Waals surface area contributed by atoms with Gasteiger partial charge in [-0.3, -0.25) is 19.2 Å². The number of benzene rings is 1. The van der Waals surface area contributed by atoms with E-state index in [9.17, 15) is 24.3 Å². The van der Waals surface area contributed by atoms with E-state index >= 15 is 0 Å². The average Bonchev–Trinajstić information content (AvgIpc) is 2.85. The van der Waals surface area contributed by atoms with E-state index in [2.05, 4.69) is 18.5 Å². The van der Waals surface area contributed by atoms with Crippen molar-refractivity contribution in [2.75, 3.05) is 26.3 Å². The zero-order valence-electron chi connectivity index (χ0n) is 22.8. The summed E-state index contributed by atoms with van der Waals surface area (Å²) in [5.74, 6) is -3.10. The number of hydrogen-bond acceptors (Lipinski definition) is 7. The molecular formula is C29H42N2O7. The first-order chi connectivity index (χ1) is 18.0. The second-order valence-electron chi connectivity index (χ2n) is 9.92. The molecule has 0 radical (unpaired) electrons. The minimum atomic E-state index is -0.730. The summed E-state index contributed by atoms with van der Waals surface area (Å²) in [4.78, 5) is 51.8. The zero-order chi connectivity index (χ0) is 28.6. The van der Waals surface area contributed by atoms with Gasteiger partial charge >= 0.3 is 11.9 Å². The van der Waals surface area contributed by atoms with Gasteiger partial charge in [0.25, 0.3) is 0 Å². The molecule has 0 saturated heterocycles. The van der Waals surface area contributed by atoms with Crippen LogP contribution < -0.4 is 5.32 Å². The van der Waals surface area contributed by atoms with Gasteiger partial charge < -0.3 is 24.8 Å². The van der Waals surface area contributed by atoms with Crippen LogP contribution in [0.2, 0.25) is 0 Å². The molecule has 0 aliphatic rings. The Hall–Kier alpha value is -3.46. The standard InChI is InChI=1S/C29H42N2O7/c1-6-11-23(19-25(33)31(16-17-32)21-22-13-9-8-10-14-22)27(35)30-15-18-37-28(36)24(12-7-2)20-26(34)38-29(3,4)5/h6-10,13-14,23-24,32H,1-2,11-12,15-21H2,3-5H3,(H,30,35)/t23-,24+/m0/s1. The SMILES string of the molecule is C=CC[C@@H](CC(=O)N(CCO)Cc1ccccc1)C(=O)NCCOC(=O)[C@H](CC=C)CC(=O)OC(C)(C)C. The first-order valence-corrected chi connectivity index (χ1v) is 12.8. The van der Waals surface area contributed by atoms with Crippen molar-refractivity contribution in [1.29, 1.82) is 0 Å². The maximum atomic E-state index is 12.9. The molecule has 0 aliphatic heterocycles. The molecule has 0 heterocycles. The number of carbonyl (C=O) groups is 4. The molecule has 0 aromatic heterocycles.